The van der Waals surface area contributed by atoms with Crippen LogP contribution in [0.3, 0.4) is 0 Å². The normalized spacial score (nSPS) is 10.6. The van der Waals surface area contributed by atoms with E-state index in [1.807, 2.05) is 103 Å². The van der Waals surface area contributed by atoms with Gasteiger partial charge in [0.25, 0.3) is 5.91 Å². The zero-order valence-corrected chi connectivity index (χ0v) is 15.0. The first-order valence-electron chi connectivity index (χ1n) is 8.79. The average Bonchev–Trinajstić information content (AvgIpc) is 3.13. The number of hydrogen-bond donors (Lipinski definition) is 1. The predicted octanol–water partition coefficient (Wildman–Crippen LogP) is 5.10. The van der Waals surface area contributed by atoms with Crippen molar-refractivity contribution in [1.82, 2.24) is 9.55 Å². The zero-order chi connectivity index (χ0) is 18.6. The standard InChI is InChI=1S/C23H19N3O/c1-17-12-14-19(15-13-17)22(27)25-23-24-21(18-8-4-2-5-9-18)16-26(23)20-10-6-3-7-11-20/h2-16H,1H3,(H,24,25,27). The number of anilines is 1. The third kappa shape index (κ3) is 3.65. The molecule has 0 fully saturated rings. The van der Waals surface area contributed by atoms with E-state index in [0.717, 1.165) is 22.5 Å². The summed E-state index contributed by atoms with van der Waals surface area (Å²) in [6.45, 7) is 2.00. The molecule has 0 saturated heterocycles. The first-order chi connectivity index (χ1) is 13.2. The molecule has 4 aromatic rings. The van der Waals surface area contributed by atoms with Crippen LogP contribution in [-0.4, -0.2) is 15.5 Å². The van der Waals surface area contributed by atoms with Crippen LogP contribution in [0.4, 0.5) is 5.95 Å². The Morgan fingerprint density at radius 2 is 1.48 bits per heavy atom. The summed E-state index contributed by atoms with van der Waals surface area (Å²) >= 11 is 0. The highest BCUT2D eigenvalue weighted by Gasteiger charge is 2.14. The highest BCUT2D eigenvalue weighted by molar-refractivity contribution is 6.03. The Morgan fingerprint density at radius 1 is 0.852 bits per heavy atom. The number of hydrogen-bond acceptors (Lipinski definition) is 2. The molecule has 1 heterocycles. The van der Waals surface area contributed by atoms with Gasteiger partial charge in [0.1, 0.15) is 0 Å². The fourth-order valence-electron chi connectivity index (χ4n) is 2.88. The number of imidazole rings is 1. The van der Waals surface area contributed by atoms with Crippen molar-refractivity contribution in [1.29, 1.82) is 0 Å². The molecule has 1 amide bonds. The number of aryl methyl sites for hydroxylation is 1. The van der Waals surface area contributed by atoms with Gasteiger partial charge in [-0.1, -0.05) is 66.2 Å². The first kappa shape index (κ1) is 16.8. The summed E-state index contributed by atoms with van der Waals surface area (Å²) in [6.07, 6.45) is 1.94. The smallest absolute Gasteiger partial charge is 0.257 e. The third-order valence-electron chi connectivity index (χ3n) is 4.35. The van der Waals surface area contributed by atoms with Crippen molar-refractivity contribution in [2.24, 2.45) is 0 Å². The van der Waals surface area contributed by atoms with Crippen molar-refractivity contribution in [2.45, 2.75) is 6.92 Å². The minimum Gasteiger partial charge on any atom is -0.292 e. The maximum absolute atomic E-state index is 12.7. The highest BCUT2D eigenvalue weighted by atomic mass is 16.1. The molecule has 27 heavy (non-hydrogen) atoms. The molecule has 0 aliphatic rings. The van der Waals surface area contributed by atoms with Gasteiger partial charge in [0, 0.05) is 23.0 Å². The molecule has 4 heteroatoms. The van der Waals surface area contributed by atoms with E-state index in [1.165, 1.54) is 0 Å². The Kier molecular flexibility index (Phi) is 4.54. The molecule has 0 aliphatic carbocycles. The van der Waals surface area contributed by atoms with Gasteiger partial charge >= 0.3 is 0 Å². The average molecular weight is 353 g/mol. The SMILES string of the molecule is Cc1ccc(C(=O)Nc2nc(-c3ccccc3)cn2-c2ccccc2)cc1. The minimum atomic E-state index is -0.183. The van der Waals surface area contributed by atoms with Gasteiger partial charge in [-0.05, 0) is 31.2 Å². The van der Waals surface area contributed by atoms with Gasteiger partial charge in [-0.2, -0.15) is 0 Å². The number of carbonyl (C=O) groups is 1. The van der Waals surface area contributed by atoms with Crippen LogP contribution in [0.5, 0.6) is 0 Å². The number of aromatic nitrogens is 2. The van der Waals surface area contributed by atoms with Crippen LogP contribution < -0.4 is 5.32 Å². The van der Waals surface area contributed by atoms with Crippen molar-refractivity contribution in [3.63, 3.8) is 0 Å². The van der Waals surface area contributed by atoms with Crippen LogP contribution in [0.15, 0.2) is 91.1 Å². The maximum Gasteiger partial charge on any atom is 0.257 e. The van der Waals surface area contributed by atoms with Crippen LogP contribution in [0.2, 0.25) is 0 Å². The van der Waals surface area contributed by atoms with Crippen molar-refractivity contribution in [3.05, 3.63) is 102 Å². The summed E-state index contributed by atoms with van der Waals surface area (Å²) in [5, 5.41) is 2.95. The molecule has 0 unspecified atom stereocenters. The first-order valence-corrected chi connectivity index (χ1v) is 8.79. The van der Waals surface area contributed by atoms with Gasteiger partial charge in [0.05, 0.1) is 5.69 Å². The Hall–Kier alpha value is -3.66. The van der Waals surface area contributed by atoms with E-state index in [1.54, 1.807) is 0 Å². The summed E-state index contributed by atoms with van der Waals surface area (Å²) in [5.41, 5.74) is 4.45. The van der Waals surface area contributed by atoms with Gasteiger partial charge in [0.15, 0.2) is 0 Å². The lowest BCUT2D eigenvalue weighted by atomic mass is 10.1. The Labute approximate surface area is 158 Å². The lowest BCUT2D eigenvalue weighted by molar-refractivity contribution is 0.102. The summed E-state index contributed by atoms with van der Waals surface area (Å²) in [6, 6.07) is 27.3. The summed E-state index contributed by atoms with van der Waals surface area (Å²) in [4.78, 5) is 17.4. The predicted molar refractivity (Wildman–Crippen MR) is 108 cm³/mol. The summed E-state index contributed by atoms with van der Waals surface area (Å²) in [7, 11) is 0. The largest absolute Gasteiger partial charge is 0.292 e. The van der Waals surface area contributed by atoms with Gasteiger partial charge in [-0.15, -0.1) is 0 Å². The molecule has 132 valence electrons. The van der Waals surface area contributed by atoms with E-state index in [2.05, 4.69) is 10.3 Å². The molecule has 4 rings (SSSR count). The van der Waals surface area contributed by atoms with E-state index < -0.39 is 0 Å². The molecule has 4 nitrogen and oxygen atoms in total. The number of para-hydroxylation sites is 1. The van der Waals surface area contributed by atoms with Gasteiger partial charge in [0.2, 0.25) is 5.95 Å². The Bertz CT molecular complexity index is 1050. The topological polar surface area (TPSA) is 46.9 Å². The molecule has 0 atom stereocenters. The Morgan fingerprint density at radius 3 is 2.15 bits per heavy atom. The quantitative estimate of drug-likeness (QED) is 0.555. The van der Waals surface area contributed by atoms with Crippen LogP contribution in [0.1, 0.15) is 15.9 Å². The van der Waals surface area contributed by atoms with Crippen molar-refractivity contribution in [3.8, 4) is 16.9 Å². The van der Waals surface area contributed by atoms with Crippen molar-refractivity contribution >= 4 is 11.9 Å². The maximum atomic E-state index is 12.7. The zero-order valence-electron chi connectivity index (χ0n) is 15.0. The molecule has 1 N–H and O–H groups in total. The van der Waals surface area contributed by atoms with Crippen molar-refractivity contribution in [2.75, 3.05) is 5.32 Å². The molecule has 3 aromatic carbocycles. The second-order valence-corrected chi connectivity index (χ2v) is 6.34. The van der Waals surface area contributed by atoms with E-state index in [4.69, 9.17) is 0 Å². The van der Waals surface area contributed by atoms with Crippen LogP contribution in [0, 0.1) is 6.92 Å². The molecule has 1 aromatic heterocycles. The second kappa shape index (κ2) is 7.30. The number of nitrogens with zero attached hydrogens (tertiary/aromatic N) is 2. The molecular weight excluding hydrogens is 334 g/mol. The van der Waals surface area contributed by atoms with E-state index in [9.17, 15) is 4.79 Å². The number of carbonyl (C=O) groups excluding carboxylic acids is 1. The lowest BCUT2D eigenvalue weighted by Gasteiger charge is -2.09. The molecule has 0 radical (unpaired) electrons. The van der Waals surface area contributed by atoms with Crippen LogP contribution in [-0.2, 0) is 0 Å². The molecule has 0 aliphatic heterocycles. The number of benzene rings is 3. The fourth-order valence-corrected chi connectivity index (χ4v) is 2.88. The molecule has 0 spiro atoms. The fraction of sp³-hybridized carbons (Fsp3) is 0.0435. The minimum absolute atomic E-state index is 0.183. The van der Waals surface area contributed by atoms with Crippen molar-refractivity contribution < 1.29 is 4.79 Å². The van der Waals surface area contributed by atoms with Gasteiger partial charge in [-0.3, -0.25) is 14.7 Å². The number of nitrogens with one attached hydrogen (secondary N) is 1. The monoisotopic (exact) mass is 353 g/mol. The van der Waals surface area contributed by atoms with Gasteiger partial charge in [-0.25, -0.2) is 4.98 Å². The third-order valence-corrected chi connectivity index (χ3v) is 4.35. The van der Waals surface area contributed by atoms with E-state index in [-0.39, 0.29) is 5.91 Å². The summed E-state index contributed by atoms with van der Waals surface area (Å²) in [5.74, 6) is 0.308. The van der Waals surface area contributed by atoms with Gasteiger partial charge < -0.3 is 0 Å². The number of rotatable bonds is 4. The molecule has 0 bridgehead atoms. The second-order valence-electron chi connectivity index (χ2n) is 6.34. The molecule has 0 saturated carbocycles. The Balaban J connectivity index is 1.73. The number of amides is 1. The lowest BCUT2D eigenvalue weighted by Crippen LogP contribution is -2.15. The van der Waals surface area contributed by atoms with E-state index >= 15 is 0 Å². The molecular formula is C23H19N3O. The van der Waals surface area contributed by atoms with E-state index in [0.29, 0.717) is 11.5 Å². The van der Waals surface area contributed by atoms with Crippen LogP contribution in [0.25, 0.3) is 16.9 Å². The summed E-state index contributed by atoms with van der Waals surface area (Å²) < 4.78 is 1.90. The van der Waals surface area contributed by atoms with Crippen LogP contribution >= 0.6 is 0 Å². The highest BCUT2D eigenvalue weighted by Crippen LogP contribution is 2.24.